The quantitative estimate of drug-likeness (QED) is 0.510. The average Bonchev–Trinajstić information content (AvgIpc) is 3.55. The standard InChI is InChI=1S/C23H21BrN4O2/c1-30-21(29)10-8-18-23-26-13-20(14-5-6-14)28(23)19-9-7-15(24)12-16(19)22(27-18)17-4-2-3-11-25-17/h2-4,7,9,11-14,18H,5-6,8,10H2,1H3. The highest BCUT2D eigenvalue weighted by Gasteiger charge is 2.34. The summed E-state index contributed by atoms with van der Waals surface area (Å²) >= 11 is 3.62. The van der Waals surface area contributed by atoms with E-state index in [-0.39, 0.29) is 18.4 Å². The van der Waals surface area contributed by atoms with Gasteiger partial charge in [-0.05, 0) is 49.6 Å². The molecule has 30 heavy (non-hydrogen) atoms. The van der Waals surface area contributed by atoms with Gasteiger partial charge < -0.3 is 4.74 Å². The van der Waals surface area contributed by atoms with Gasteiger partial charge in [0.2, 0.25) is 0 Å². The van der Waals surface area contributed by atoms with E-state index in [4.69, 9.17) is 14.7 Å². The Kier molecular flexibility index (Phi) is 4.98. The lowest BCUT2D eigenvalue weighted by Crippen LogP contribution is -2.10. The maximum atomic E-state index is 11.9. The number of carbonyl (C=O) groups is 1. The molecule has 1 atom stereocenters. The van der Waals surface area contributed by atoms with E-state index in [1.165, 1.54) is 25.6 Å². The Morgan fingerprint density at radius 1 is 1.23 bits per heavy atom. The zero-order chi connectivity index (χ0) is 20.7. The van der Waals surface area contributed by atoms with Crippen LogP contribution in [0.15, 0.2) is 58.3 Å². The molecule has 3 heterocycles. The molecule has 0 bridgehead atoms. The first-order valence-corrected chi connectivity index (χ1v) is 10.9. The molecule has 0 spiro atoms. The van der Waals surface area contributed by atoms with Gasteiger partial charge in [-0.1, -0.05) is 22.0 Å². The van der Waals surface area contributed by atoms with E-state index in [0.717, 1.165) is 33.0 Å². The summed E-state index contributed by atoms with van der Waals surface area (Å²) in [7, 11) is 1.41. The SMILES string of the molecule is COC(=O)CCC1N=C(c2ccccn2)c2cc(Br)ccc2-n2c(C3CC3)cnc21. The first kappa shape index (κ1) is 19.2. The van der Waals surface area contributed by atoms with Gasteiger partial charge in [-0.25, -0.2) is 4.98 Å². The van der Waals surface area contributed by atoms with Crippen LogP contribution in [0.5, 0.6) is 0 Å². The molecule has 2 aromatic heterocycles. The molecule has 3 aromatic rings. The third kappa shape index (κ3) is 3.47. The number of methoxy groups -OCH3 is 1. The molecule has 1 fully saturated rings. The number of carbonyl (C=O) groups excluding carboxylic acids is 1. The minimum Gasteiger partial charge on any atom is -0.469 e. The predicted octanol–water partition coefficient (Wildman–Crippen LogP) is 4.75. The predicted molar refractivity (Wildman–Crippen MR) is 117 cm³/mol. The van der Waals surface area contributed by atoms with E-state index in [9.17, 15) is 4.79 Å². The van der Waals surface area contributed by atoms with Crippen LogP contribution in [-0.2, 0) is 9.53 Å². The summed E-state index contributed by atoms with van der Waals surface area (Å²) in [5, 5.41) is 0. The number of imidazole rings is 1. The molecule has 6 nitrogen and oxygen atoms in total. The van der Waals surface area contributed by atoms with Crippen molar-refractivity contribution in [2.75, 3.05) is 7.11 Å². The molecule has 7 heteroatoms. The van der Waals surface area contributed by atoms with Crippen molar-refractivity contribution in [3.63, 3.8) is 0 Å². The van der Waals surface area contributed by atoms with Gasteiger partial charge in [0, 0.05) is 40.5 Å². The molecular formula is C23H21BrN4O2. The lowest BCUT2D eigenvalue weighted by Gasteiger charge is -2.15. The Bertz CT molecular complexity index is 1140. The van der Waals surface area contributed by atoms with Crippen molar-refractivity contribution in [1.82, 2.24) is 14.5 Å². The first-order chi connectivity index (χ1) is 14.7. The minimum absolute atomic E-state index is 0.241. The summed E-state index contributed by atoms with van der Waals surface area (Å²) in [4.78, 5) is 26.3. The second kappa shape index (κ2) is 7.80. The Morgan fingerprint density at radius 2 is 2.10 bits per heavy atom. The second-order valence-electron chi connectivity index (χ2n) is 7.64. The van der Waals surface area contributed by atoms with E-state index in [0.29, 0.717) is 12.3 Å². The zero-order valence-corrected chi connectivity index (χ0v) is 18.2. The number of aliphatic imine (C=N–C) groups is 1. The fourth-order valence-electron chi connectivity index (χ4n) is 3.98. The number of aromatic nitrogens is 3. The van der Waals surface area contributed by atoms with E-state index in [1.54, 1.807) is 6.20 Å². The number of esters is 1. The smallest absolute Gasteiger partial charge is 0.305 e. The highest BCUT2D eigenvalue weighted by molar-refractivity contribution is 9.10. The van der Waals surface area contributed by atoms with Crippen molar-refractivity contribution in [3.05, 3.63) is 76.0 Å². The fourth-order valence-corrected chi connectivity index (χ4v) is 4.34. The van der Waals surface area contributed by atoms with Gasteiger partial charge in [0.15, 0.2) is 0 Å². The number of benzene rings is 1. The topological polar surface area (TPSA) is 69.4 Å². The zero-order valence-electron chi connectivity index (χ0n) is 16.6. The fraction of sp³-hybridized carbons (Fsp3) is 0.304. The number of fused-ring (bicyclic) bond motifs is 3. The number of hydrogen-bond donors (Lipinski definition) is 0. The maximum Gasteiger partial charge on any atom is 0.305 e. The van der Waals surface area contributed by atoms with Crippen molar-refractivity contribution >= 4 is 27.6 Å². The third-order valence-corrected chi connectivity index (χ3v) is 6.10. The number of halogens is 1. The van der Waals surface area contributed by atoms with Crippen LogP contribution in [0.25, 0.3) is 5.69 Å². The average molecular weight is 465 g/mol. The summed E-state index contributed by atoms with van der Waals surface area (Å²) in [5.41, 5.74) is 4.89. The number of ether oxygens (including phenoxy) is 1. The van der Waals surface area contributed by atoms with Crippen molar-refractivity contribution in [2.45, 2.75) is 37.6 Å². The number of pyridine rings is 1. The molecule has 1 unspecified atom stereocenters. The molecule has 1 aromatic carbocycles. The van der Waals surface area contributed by atoms with Crippen molar-refractivity contribution in [1.29, 1.82) is 0 Å². The van der Waals surface area contributed by atoms with Gasteiger partial charge in [0.05, 0.1) is 24.2 Å². The summed E-state index contributed by atoms with van der Waals surface area (Å²) in [6.07, 6.45) is 6.92. The Balaban J connectivity index is 1.72. The van der Waals surface area contributed by atoms with Gasteiger partial charge in [-0.2, -0.15) is 0 Å². The molecule has 0 N–H and O–H groups in total. The van der Waals surface area contributed by atoms with Crippen molar-refractivity contribution < 1.29 is 9.53 Å². The largest absolute Gasteiger partial charge is 0.469 e. The normalized spacial score (nSPS) is 17.5. The van der Waals surface area contributed by atoms with Gasteiger partial charge in [0.25, 0.3) is 0 Å². The molecule has 1 aliphatic carbocycles. The van der Waals surface area contributed by atoms with E-state index in [1.807, 2.05) is 30.5 Å². The van der Waals surface area contributed by atoms with Crippen molar-refractivity contribution in [2.24, 2.45) is 4.99 Å². The highest BCUT2D eigenvalue weighted by atomic mass is 79.9. The van der Waals surface area contributed by atoms with E-state index in [2.05, 4.69) is 37.6 Å². The van der Waals surface area contributed by atoms with Crippen LogP contribution >= 0.6 is 15.9 Å². The molecule has 0 radical (unpaired) electrons. The third-order valence-electron chi connectivity index (χ3n) is 5.61. The number of rotatable bonds is 5. The lowest BCUT2D eigenvalue weighted by atomic mass is 10.0. The maximum absolute atomic E-state index is 11.9. The number of nitrogens with zero attached hydrogens (tertiary/aromatic N) is 4. The van der Waals surface area contributed by atoms with Crippen LogP contribution in [0.4, 0.5) is 0 Å². The molecule has 5 rings (SSSR count). The summed E-state index contributed by atoms with van der Waals surface area (Å²) in [5.74, 6) is 1.16. The summed E-state index contributed by atoms with van der Waals surface area (Å²) < 4.78 is 8.10. The lowest BCUT2D eigenvalue weighted by molar-refractivity contribution is -0.140. The van der Waals surface area contributed by atoms with Crippen LogP contribution in [0.3, 0.4) is 0 Å². The van der Waals surface area contributed by atoms with Crippen LogP contribution in [-0.4, -0.2) is 33.3 Å². The minimum atomic E-state index is -0.264. The van der Waals surface area contributed by atoms with E-state index >= 15 is 0 Å². The molecule has 152 valence electrons. The van der Waals surface area contributed by atoms with Crippen LogP contribution in [0.2, 0.25) is 0 Å². The number of hydrogen-bond acceptors (Lipinski definition) is 5. The second-order valence-corrected chi connectivity index (χ2v) is 8.55. The molecule has 1 saturated carbocycles. The monoisotopic (exact) mass is 464 g/mol. The Morgan fingerprint density at radius 3 is 2.83 bits per heavy atom. The van der Waals surface area contributed by atoms with Crippen LogP contribution in [0, 0.1) is 0 Å². The van der Waals surface area contributed by atoms with Gasteiger partial charge in [0.1, 0.15) is 11.9 Å². The van der Waals surface area contributed by atoms with Gasteiger partial charge in [-0.3, -0.25) is 19.3 Å². The molecule has 0 amide bonds. The van der Waals surface area contributed by atoms with Crippen LogP contribution in [0.1, 0.15) is 60.4 Å². The van der Waals surface area contributed by atoms with Gasteiger partial charge >= 0.3 is 5.97 Å². The summed E-state index contributed by atoms with van der Waals surface area (Å²) in [6, 6.07) is 11.8. The van der Waals surface area contributed by atoms with Gasteiger partial charge in [-0.15, -0.1) is 0 Å². The Labute approximate surface area is 183 Å². The molecule has 0 saturated heterocycles. The molecule has 1 aliphatic heterocycles. The van der Waals surface area contributed by atoms with Crippen LogP contribution < -0.4 is 0 Å². The first-order valence-electron chi connectivity index (χ1n) is 10.1. The molecular weight excluding hydrogens is 444 g/mol. The summed E-state index contributed by atoms with van der Waals surface area (Å²) in [6.45, 7) is 0. The molecule has 2 aliphatic rings. The van der Waals surface area contributed by atoms with Crippen molar-refractivity contribution in [3.8, 4) is 5.69 Å². The Hall–Kier alpha value is -2.80. The van der Waals surface area contributed by atoms with E-state index < -0.39 is 0 Å². The highest BCUT2D eigenvalue weighted by Crippen LogP contribution is 2.44.